The quantitative estimate of drug-likeness (QED) is 0.667. The van der Waals surface area contributed by atoms with Crippen molar-refractivity contribution >= 4 is 11.8 Å². The minimum absolute atomic E-state index is 0.0634. The molecule has 0 bridgehead atoms. The molecule has 0 aromatic heterocycles. The topological polar surface area (TPSA) is 0 Å². The minimum Gasteiger partial charge on any atom is -0.207 e. The highest BCUT2D eigenvalue weighted by Gasteiger charge is 2.13. The molecule has 0 aliphatic rings. The highest BCUT2D eigenvalue weighted by atomic mass is 32.2. The molecular formula is C13H19FS. The van der Waals surface area contributed by atoms with E-state index in [0.29, 0.717) is 5.92 Å². The van der Waals surface area contributed by atoms with E-state index in [1.807, 2.05) is 26.2 Å². The van der Waals surface area contributed by atoms with Gasteiger partial charge in [-0.2, -0.15) is 0 Å². The van der Waals surface area contributed by atoms with Crippen molar-refractivity contribution in [1.82, 2.24) is 0 Å². The molecule has 1 aromatic rings. The van der Waals surface area contributed by atoms with Gasteiger partial charge < -0.3 is 0 Å². The van der Waals surface area contributed by atoms with Gasteiger partial charge in [0.25, 0.3) is 0 Å². The molecule has 0 spiro atoms. The third-order valence-corrected chi connectivity index (χ3v) is 3.39. The standard InChI is InChI=1S/C13H19FS/c1-8(2)10-7-13(15-5)11(9(3)4)6-12(10)14/h6-9H,1-5H3. The first-order chi connectivity index (χ1) is 6.97. The van der Waals surface area contributed by atoms with Crippen LogP contribution >= 0.6 is 11.8 Å². The first kappa shape index (κ1) is 12.6. The lowest BCUT2D eigenvalue weighted by Crippen LogP contribution is -1.99. The Kier molecular flexibility index (Phi) is 4.21. The third kappa shape index (κ3) is 2.75. The zero-order valence-electron chi connectivity index (χ0n) is 10.1. The Hall–Kier alpha value is -0.500. The summed E-state index contributed by atoms with van der Waals surface area (Å²) in [5.74, 6) is 0.562. The van der Waals surface area contributed by atoms with Gasteiger partial charge in [0.15, 0.2) is 0 Å². The van der Waals surface area contributed by atoms with Crippen LogP contribution in [0.4, 0.5) is 4.39 Å². The molecule has 0 radical (unpaired) electrons. The monoisotopic (exact) mass is 226 g/mol. The highest BCUT2D eigenvalue weighted by molar-refractivity contribution is 7.98. The molecule has 0 amide bonds. The number of hydrogen-bond donors (Lipinski definition) is 0. The molecule has 1 aromatic carbocycles. The Morgan fingerprint density at radius 2 is 1.53 bits per heavy atom. The number of benzene rings is 1. The minimum atomic E-state index is -0.0634. The summed E-state index contributed by atoms with van der Waals surface area (Å²) in [6.07, 6.45) is 2.04. The summed E-state index contributed by atoms with van der Waals surface area (Å²) in [6.45, 7) is 8.25. The van der Waals surface area contributed by atoms with E-state index in [9.17, 15) is 4.39 Å². The number of thioether (sulfide) groups is 1. The van der Waals surface area contributed by atoms with Gasteiger partial charge >= 0.3 is 0 Å². The lowest BCUT2D eigenvalue weighted by molar-refractivity contribution is 0.591. The third-order valence-electron chi connectivity index (χ3n) is 2.59. The van der Waals surface area contributed by atoms with Gasteiger partial charge in [-0.15, -0.1) is 11.8 Å². The van der Waals surface area contributed by atoms with E-state index in [0.717, 1.165) is 11.1 Å². The van der Waals surface area contributed by atoms with E-state index >= 15 is 0 Å². The summed E-state index contributed by atoms with van der Waals surface area (Å²) in [5, 5.41) is 0. The number of rotatable bonds is 3. The average Bonchev–Trinajstić information content (AvgIpc) is 2.16. The summed E-state index contributed by atoms with van der Waals surface area (Å²) in [4.78, 5) is 1.20. The zero-order chi connectivity index (χ0) is 11.6. The molecule has 0 N–H and O–H groups in total. The van der Waals surface area contributed by atoms with E-state index in [4.69, 9.17) is 0 Å². The maximum absolute atomic E-state index is 13.8. The summed E-state index contributed by atoms with van der Waals surface area (Å²) in [7, 11) is 0. The Balaban J connectivity index is 3.29. The van der Waals surface area contributed by atoms with Crippen LogP contribution in [0.5, 0.6) is 0 Å². The smallest absolute Gasteiger partial charge is 0.127 e. The Bertz CT molecular complexity index is 343. The molecule has 1 rings (SSSR count). The molecule has 0 aliphatic carbocycles. The van der Waals surface area contributed by atoms with Gasteiger partial charge in [-0.25, -0.2) is 4.39 Å². The second-order valence-corrected chi connectivity index (χ2v) is 5.27. The average molecular weight is 226 g/mol. The molecule has 2 heteroatoms. The molecule has 0 atom stereocenters. The summed E-state index contributed by atoms with van der Waals surface area (Å²) in [5.41, 5.74) is 1.94. The van der Waals surface area contributed by atoms with Gasteiger partial charge in [0, 0.05) is 4.90 Å². The van der Waals surface area contributed by atoms with Gasteiger partial charge in [0.05, 0.1) is 0 Å². The Labute approximate surface area is 96.3 Å². The van der Waals surface area contributed by atoms with Crippen molar-refractivity contribution in [3.05, 3.63) is 29.1 Å². The van der Waals surface area contributed by atoms with Gasteiger partial charge in [0.2, 0.25) is 0 Å². The van der Waals surface area contributed by atoms with Crippen molar-refractivity contribution in [3.63, 3.8) is 0 Å². The molecule has 0 fully saturated rings. The van der Waals surface area contributed by atoms with Crippen LogP contribution in [0.1, 0.15) is 50.7 Å². The Morgan fingerprint density at radius 3 is 1.93 bits per heavy atom. The van der Waals surface area contributed by atoms with Crippen LogP contribution in [0.3, 0.4) is 0 Å². The second-order valence-electron chi connectivity index (χ2n) is 4.43. The normalized spacial score (nSPS) is 11.5. The van der Waals surface area contributed by atoms with Gasteiger partial charge in [-0.1, -0.05) is 27.7 Å². The number of hydrogen-bond acceptors (Lipinski definition) is 1. The van der Waals surface area contributed by atoms with Crippen molar-refractivity contribution in [2.45, 2.75) is 44.4 Å². The van der Waals surface area contributed by atoms with Crippen molar-refractivity contribution < 1.29 is 4.39 Å². The largest absolute Gasteiger partial charge is 0.207 e. The molecule has 0 unspecified atom stereocenters. The predicted octanol–water partition coefficient (Wildman–Crippen LogP) is 4.79. The highest BCUT2D eigenvalue weighted by Crippen LogP contribution is 2.32. The van der Waals surface area contributed by atoms with Crippen molar-refractivity contribution in [1.29, 1.82) is 0 Å². The SMILES string of the molecule is CSc1cc(C(C)C)c(F)cc1C(C)C. The second kappa shape index (κ2) is 5.02. The fraction of sp³-hybridized carbons (Fsp3) is 0.538. The predicted molar refractivity (Wildman–Crippen MR) is 66.4 cm³/mol. The van der Waals surface area contributed by atoms with E-state index in [2.05, 4.69) is 13.8 Å². The zero-order valence-corrected chi connectivity index (χ0v) is 10.9. The molecule has 0 heterocycles. The van der Waals surface area contributed by atoms with Crippen LogP contribution in [0, 0.1) is 5.82 Å². The summed E-state index contributed by atoms with van der Waals surface area (Å²) >= 11 is 1.70. The van der Waals surface area contributed by atoms with Gasteiger partial charge in [-0.05, 0) is 41.4 Å². The molecule has 15 heavy (non-hydrogen) atoms. The van der Waals surface area contributed by atoms with Crippen LogP contribution in [0.2, 0.25) is 0 Å². The van der Waals surface area contributed by atoms with Gasteiger partial charge in [0.1, 0.15) is 5.82 Å². The summed E-state index contributed by atoms with van der Waals surface area (Å²) < 4.78 is 13.8. The first-order valence-corrected chi connectivity index (χ1v) is 6.57. The number of halogens is 1. The lowest BCUT2D eigenvalue weighted by atomic mass is 9.96. The lowest BCUT2D eigenvalue weighted by Gasteiger charge is -2.15. The fourth-order valence-corrected chi connectivity index (χ4v) is 2.43. The van der Waals surface area contributed by atoms with Crippen LogP contribution in [-0.2, 0) is 0 Å². The molecular weight excluding hydrogens is 207 g/mol. The van der Waals surface area contributed by atoms with Crippen LogP contribution < -0.4 is 0 Å². The molecule has 0 aliphatic heterocycles. The fourth-order valence-electron chi connectivity index (χ4n) is 1.65. The molecule has 84 valence electrons. The van der Waals surface area contributed by atoms with E-state index in [1.54, 1.807) is 17.8 Å². The Morgan fingerprint density at radius 1 is 1.00 bits per heavy atom. The van der Waals surface area contributed by atoms with Gasteiger partial charge in [-0.3, -0.25) is 0 Å². The molecule has 0 saturated carbocycles. The van der Waals surface area contributed by atoms with Crippen LogP contribution in [-0.4, -0.2) is 6.26 Å². The first-order valence-electron chi connectivity index (χ1n) is 5.34. The van der Waals surface area contributed by atoms with Crippen molar-refractivity contribution in [3.8, 4) is 0 Å². The summed E-state index contributed by atoms with van der Waals surface area (Å²) in [6, 6.07) is 3.70. The van der Waals surface area contributed by atoms with E-state index < -0.39 is 0 Å². The van der Waals surface area contributed by atoms with Crippen LogP contribution in [0.25, 0.3) is 0 Å². The van der Waals surface area contributed by atoms with Crippen LogP contribution in [0.15, 0.2) is 17.0 Å². The maximum atomic E-state index is 13.8. The maximum Gasteiger partial charge on any atom is 0.127 e. The molecule has 0 nitrogen and oxygen atoms in total. The van der Waals surface area contributed by atoms with E-state index in [1.165, 1.54) is 4.90 Å². The molecule has 0 saturated heterocycles. The van der Waals surface area contributed by atoms with E-state index in [-0.39, 0.29) is 11.7 Å². The van der Waals surface area contributed by atoms with Crippen molar-refractivity contribution in [2.24, 2.45) is 0 Å². The van der Waals surface area contributed by atoms with Crippen molar-refractivity contribution in [2.75, 3.05) is 6.26 Å².